The van der Waals surface area contributed by atoms with E-state index in [1.807, 2.05) is 18.2 Å². The highest BCUT2D eigenvalue weighted by atomic mass is 79.9. The second kappa shape index (κ2) is 7.06. The number of alkyl halides is 1. The van der Waals surface area contributed by atoms with Crippen LogP contribution in [0.15, 0.2) is 53.4 Å². The Hall–Kier alpha value is -0.870. The molecule has 0 saturated carbocycles. The second-order valence-electron chi connectivity index (χ2n) is 4.15. The van der Waals surface area contributed by atoms with Gasteiger partial charge < -0.3 is 0 Å². The Morgan fingerprint density at radius 1 is 1.05 bits per heavy atom. The fourth-order valence-corrected chi connectivity index (χ4v) is 3.70. The third kappa shape index (κ3) is 4.05. The fraction of sp³-hybridized carbons (Fsp3) is 0.200. The van der Waals surface area contributed by atoms with Gasteiger partial charge in [0.25, 0.3) is 0 Å². The zero-order chi connectivity index (χ0) is 13.7. The van der Waals surface area contributed by atoms with E-state index in [-0.39, 0.29) is 0 Å². The van der Waals surface area contributed by atoms with E-state index in [0.717, 1.165) is 17.1 Å². The van der Waals surface area contributed by atoms with Crippen LogP contribution >= 0.6 is 27.7 Å². The number of hydrogen-bond acceptors (Lipinski definition) is 1. The Labute approximate surface area is 124 Å². The molecule has 0 bridgehead atoms. The predicted molar refractivity (Wildman–Crippen MR) is 80.1 cm³/mol. The highest BCUT2D eigenvalue weighted by molar-refractivity contribution is 9.09. The summed E-state index contributed by atoms with van der Waals surface area (Å²) in [7, 11) is 0. The summed E-state index contributed by atoms with van der Waals surface area (Å²) in [5.74, 6) is 0.0154. The third-order valence-electron chi connectivity index (χ3n) is 2.79. The summed E-state index contributed by atoms with van der Waals surface area (Å²) in [4.78, 5) is 0.489. The Balaban J connectivity index is 2.04. The van der Waals surface area contributed by atoms with Gasteiger partial charge in [-0.15, -0.1) is 11.8 Å². The van der Waals surface area contributed by atoms with Gasteiger partial charge in [0, 0.05) is 28.0 Å². The molecule has 0 saturated heterocycles. The van der Waals surface area contributed by atoms with Crippen LogP contribution < -0.4 is 0 Å². The average molecular weight is 343 g/mol. The number of benzene rings is 2. The lowest BCUT2D eigenvalue weighted by Gasteiger charge is -2.14. The van der Waals surface area contributed by atoms with E-state index in [2.05, 4.69) is 28.1 Å². The lowest BCUT2D eigenvalue weighted by molar-refractivity contribution is 0.565. The van der Waals surface area contributed by atoms with Gasteiger partial charge >= 0.3 is 0 Å². The molecule has 0 aliphatic rings. The molecular weight excluding hydrogens is 330 g/mol. The molecule has 100 valence electrons. The average Bonchev–Trinajstić information content (AvgIpc) is 2.43. The van der Waals surface area contributed by atoms with Crippen LogP contribution in [0.5, 0.6) is 0 Å². The van der Waals surface area contributed by atoms with Gasteiger partial charge in [0.1, 0.15) is 11.6 Å². The molecule has 1 atom stereocenters. The van der Waals surface area contributed by atoms with E-state index in [4.69, 9.17) is 0 Å². The van der Waals surface area contributed by atoms with Gasteiger partial charge in [-0.2, -0.15) is 0 Å². The van der Waals surface area contributed by atoms with Crippen LogP contribution in [0.25, 0.3) is 0 Å². The number of halogens is 3. The molecule has 0 aromatic heterocycles. The van der Waals surface area contributed by atoms with E-state index in [0.29, 0.717) is 10.8 Å². The zero-order valence-electron chi connectivity index (χ0n) is 10.2. The van der Waals surface area contributed by atoms with E-state index in [1.165, 1.54) is 29.5 Å². The maximum atomic E-state index is 13.5. The van der Waals surface area contributed by atoms with Crippen molar-refractivity contribution in [1.82, 2.24) is 0 Å². The molecule has 0 amide bonds. The molecule has 0 aliphatic heterocycles. The van der Waals surface area contributed by atoms with Crippen LogP contribution in [0, 0.1) is 11.6 Å². The van der Waals surface area contributed by atoms with Crippen molar-refractivity contribution >= 4 is 27.7 Å². The minimum absolute atomic E-state index is 0.302. The molecular formula is C15H13BrF2S. The van der Waals surface area contributed by atoms with Crippen molar-refractivity contribution in [1.29, 1.82) is 0 Å². The first kappa shape index (κ1) is 14.5. The van der Waals surface area contributed by atoms with Crippen LogP contribution in [0.4, 0.5) is 8.78 Å². The normalized spacial score (nSPS) is 12.4. The van der Waals surface area contributed by atoms with Gasteiger partial charge in [-0.25, -0.2) is 8.78 Å². The monoisotopic (exact) mass is 342 g/mol. The van der Waals surface area contributed by atoms with Gasteiger partial charge in [0.2, 0.25) is 0 Å². The Morgan fingerprint density at radius 2 is 1.79 bits per heavy atom. The standard InChI is InChI=1S/C15H13BrF2S/c16-9-12(11-4-2-1-3-5-11)10-19-15-7-6-13(17)8-14(15)18/h1-8,12H,9-10H2. The highest BCUT2D eigenvalue weighted by Crippen LogP contribution is 2.29. The minimum atomic E-state index is -0.540. The van der Waals surface area contributed by atoms with Crippen LogP contribution in [-0.4, -0.2) is 11.1 Å². The van der Waals surface area contributed by atoms with Crippen molar-refractivity contribution < 1.29 is 8.78 Å². The molecule has 0 nitrogen and oxygen atoms in total. The van der Waals surface area contributed by atoms with Gasteiger partial charge in [0.15, 0.2) is 0 Å². The Morgan fingerprint density at radius 3 is 2.42 bits per heavy atom. The molecule has 2 aromatic rings. The molecule has 0 N–H and O–H groups in total. The van der Waals surface area contributed by atoms with Crippen LogP contribution in [0.2, 0.25) is 0 Å². The Bertz CT molecular complexity index is 531. The molecule has 2 aromatic carbocycles. The smallest absolute Gasteiger partial charge is 0.139 e. The summed E-state index contributed by atoms with van der Waals surface area (Å²) in [6, 6.07) is 13.8. The predicted octanol–water partition coefficient (Wildman–Crippen LogP) is 5.24. The lowest BCUT2D eigenvalue weighted by Crippen LogP contribution is -2.03. The van der Waals surface area contributed by atoms with Crippen molar-refractivity contribution in [2.45, 2.75) is 10.8 Å². The van der Waals surface area contributed by atoms with Gasteiger partial charge in [0.05, 0.1) is 0 Å². The summed E-state index contributed by atoms with van der Waals surface area (Å²) < 4.78 is 26.4. The molecule has 0 aliphatic carbocycles. The first-order chi connectivity index (χ1) is 9.20. The Kier molecular flexibility index (Phi) is 5.40. The summed E-state index contributed by atoms with van der Waals surface area (Å²) in [5, 5.41) is 0.812. The van der Waals surface area contributed by atoms with E-state index in [1.54, 1.807) is 0 Å². The van der Waals surface area contributed by atoms with Crippen molar-refractivity contribution in [3.8, 4) is 0 Å². The van der Waals surface area contributed by atoms with Crippen LogP contribution in [0.1, 0.15) is 11.5 Å². The summed E-state index contributed by atoms with van der Waals surface area (Å²) >= 11 is 4.90. The van der Waals surface area contributed by atoms with E-state index in [9.17, 15) is 8.78 Å². The number of rotatable bonds is 5. The van der Waals surface area contributed by atoms with Crippen LogP contribution in [-0.2, 0) is 0 Å². The fourth-order valence-electron chi connectivity index (χ4n) is 1.74. The first-order valence-electron chi connectivity index (χ1n) is 5.89. The summed E-state index contributed by atoms with van der Waals surface area (Å²) in [6.45, 7) is 0. The van der Waals surface area contributed by atoms with E-state index < -0.39 is 11.6 Å². The third-order valence-corrected chi connectivity index (χ3v) is 4.78. The topological polar surface area (TPSA) is 0 Å². The lowest BCUT2D eigenvalue weighted by atomic mass is 10.0. The molecule has 0 heterocycles. The molecule has 0 radical (unpaired) electrons. The van der Waals surface area contributed by atoms with Crippen molar-refractivity contribution in [2.75, 3.05) is 11.1 Å². The van der Waals surface area contributed by atoms with Crippen LogP contribution in [0.3, 0.4) is 0 Å². The molecule has 2 rings (SSSR count). The SMILES string of the molecule is Fc1ccc(SCC(CBr)c2ccccc2)c(F)c1. The van der Waals surface area contributed by atoms with Crippen molar-refractivity contribution in [3.05, 3.63) is 65.7 Å². The number of hydrogen-bond donors (Lipinski definition) is 0. The zero-order valence-corrected chi connectivity index (χ0v) is 12.6. The highest BCUT2D eigenvalue weighted by Gasteiger charge is 2.12. The molecule has 0 spiro atoms. The van der Waals surface area contributed by atoms with E-state index >= 15 is 0 Å². The minimum Gasteiger partial charge on any atom is -0.207 e. The van der Waals surface area contributed by atoms with Crippen molar-refractivity contribution in [3.63, 3.8) is 0 Å². The van der Waals surface area contributed by atoms with Gasteiger partial charge in [-0.1, -0.05) is 46.3 Å². The largest absolute Gasteiger partial charge is 0.207 e. The number of thioether (sulfide) groups is 1. The first-order valence-corrected chi connectivity index (χ1v) is 8.00. The summed E-state index contributed by atoms with van der Waals surface area (Å²) in [5.41, 5.74) is 1.22. The molecule has 4 heteroatoms. The molecule has 1 unspecified atom stereocenters. The van der Waals surface area contributed by atoms with Gasteiger partial charge in [-0.05, 0) is 17.7 Å². The molecule has 0 fully saturated rings. The second-order valence-corrected chi connectivity index (χ2v) is 5.86. The maximum Gasteiger partial charge on any atom is 0.139 e. The molecule has 19 heavy (non-hydrogen) atoms. The summed E-state index contributed by atoms with van der Waals surface area (Å²) in [6.07, 6.45) is 0. The van der Waals surface area contributed by atoms with Gasteiger partial charge in [-0.3, -0.25) is 0 Å². The van der Waals surface area contributed by atoms with Crippen molar-refractivity contribution in [2.24, 2.45) is 0 Å². The quantitative estimate of drug-likeness (QED) is 0.529. The maximum absolute atomic E-state index is 13.5.